The van der Waals surface area contributed by atoms with Gasteiger partial charge < -0.3 is 10.0 Å². The molecule has 1 fully saturated rings. The number of carboxylic acid groups (broad SMARTS) is 1. The molecule has 0 aliphatic carbocycles. The number of likely N-dealkylation sites (tertiary alicyclic amines) is 1. The van der Waals surface area contributed by atoms with Gasteiger partial charge in [0.25, 0.3) is 0 Å². The third kappa shape index (κ3) is 4.90. The molecular weight excluding hydrogens is 501 g/mol. The third-order valence-corrected chi connectivity index (χ3v) is 7.36. The van der Waals surface area contributed by atoms with Gasteiger partial charge in [-0.1, -0.05) is 35.5 Å². The van der Waals surface area contributed by atoms with Gasteiger partial charge in [-0.2, -0.15) is 18.3 Å². The van der Waals surface area contributed by atoms with Crippen LogP contribution in [0.3, 0.4) is 0 Å². The number of hydrogen-bond acceptors (Lipinski definition) is 5. The van der Waals surface area contributed by atoms with Crippen molar-refractivity contribution in [3.8, 4) is 0 Å². The monoisotopic (exact) mass is 520 g/mol. The maximum absolute atomic E-state index is 13.5. The number of nitrogens with zero attached hydrogens (tertiary/aromatic N) is 4. The van der Waals surface area contributed by atoms with Crippen LogP contribution >= 0.6 is 23.4 Å². The lowest BCUT2D eigenvalue weighted by Crippen LogP contribution is -2.38. The maximum atomic E-state index is 13.5. The van der Waals surface area contributed by atoms with Crippen molar-refractivity contribution in [1.82, 2.24) is 14.7 Å². The van der Waals surface area contributed by atoms with Crippen LogP contribution in [0, 0.1) is 0 Å². The van der Waals surface area contributed by atoms with Gasteiger partial charge >= 0.3 is 12.1 Å². The number of carbonyl (C=O) groups is 1. The number of aliphatic imine (C=N–C) groups is 1. The van der Waals surface area contributed by atoms with Gasteiger partial charge in [0.2, 0.25) is 0 Å². The van der Waals surface area contributed by atoms with Crippen LogP contribution in [0.25, 0.3) is 17.0 Å². The summed E-state index contributed by atoms with van der Waals surface area (Å²) in [5.41, 5.74) is 0.946. The minimum Gasteiger partial charge on any atom is -0.480 e. The van der Waals surface area contributed by atoms with Crippen molar-refractivity contribution in [3.63, 3.8) is 0 Å². The fraction of sp³-hybridized carbons (Fsp3) is 0.292. The SMILES string of the molecule is O=C(O)C1CCCN1C1=NCC(=Cc2ccc3c(cnn3Cc3ccc(Cl)cc3C(F)(F)F)c2)S1. The molecule has 1 atom stereocenters. The van der Waals surface area contributed by atoms with Crippen molar-refractivity contribution >= 4 is 51.5 Å². The van der Waals surface area contributed by atoms with E-state index >= 15 is 0 Å². The van der Waals surface area contributed by atoms with E-state index in [1.807, 2.05) is 29.2 Å². The molecule has 2 aromatic carbocycles. The molecule has 1 N–H and O–H groups in total. The first-order valence-corrected chi connectivity index (χ1v) is 12.1. The number of aliphatic carboxylic acids is 1. The van der Waals surface area contributed by atoms with Crippen LogP contribution in [0.5, 0.6) is 0 Å². The number of halogens is 4. The Morgan fingerprint density at radius 3 is 2.86 bits per heavy atom. The Morgan fingerprint density at radius 1 is 1.26 bits per heavy atom. The molecule has 2 aliphatic rings. The molecule has 182 valence electrons. The van der Waals surface area contributed by atoms with E-state index in [-0.39, 0.29) is 17.1 Å². The first kappa shape index (κ1) is 23.7. The predicted octanol–water partition coefficient (Wildman–Crippen LogP) is 5.75. The Hall–Kier alpha value is -2.98. The van der Waals surface area contributed by atoms with Crippen LogP contribution in [-0.4, -0.2) is 50.1 Å². The number of aromatic nitrogens is 2. The standard InChI is InChI=1S/C24H20ClF3N4O2S/c25-17-5-4-15(19(10-17)24(26,27)28)13-32-20-6-3-14(8-16(20)11-30-32)9-18-12-29-23(35-18)31-7-1-2-21(31)22(33)34/h3-6,8-11,21H,1-2,7,12-13H2,(H,33,34). The summed E-state index contributed by atoms with van der Waals surface area (Å²) in [4.78, 5) is 18.9. The second-order valence-electron chi connectivity index (χ2n) is 8.42. The zero-order valence-electron chi connectivity index (χ0n) is 18.3. The highest BCUT2D eigenvalue weighted by Crippen LogP contribution is 2.35. The van der Waals surface area contributed by atoms with Crippen molar-refractivity contribution in [2.75, 3.05) is 13.1 Å². The molecule has 0 saturated carbocycles. The summed E-state index contributed by atoms with van der Waals surface area (Å²) in [6.07, 6.45) is 0.560. The molecule has 1 unspecified atom stereocenters. The van der Waals surface area contributed by atoms with Gasteiger partial charge in [-0.05, 0) is 54.3 Å². The minimum atomic E-state index is -4.51. The van der Waals surface area contributed by atoms with Gasteiger partial charge in [0.1, 0.15) is 6.04 Å². The van der Waals surface area contributed by atoms with E-state index in [0.29, 0.717) is 25.0 Å². The Morgan fingerprint density at radius 2 is 2.09 bits per heavy atom. The highest BCUT2D eigenvalue weighted by atomic mass is 35.5. The number of benzene rings is 2. The number of thioether (sulfide) groups is 1. The van der Waals surface area contributed by atoms with Crippen molar-refractivity contribution in [2.45, 2.75) is 31.6 Å². The van der Waals surface area contributed by atoms with Crippen LogP contribution in [0.4, 0.5) is 13.2 Å². The number of fused-ring (bicyclic) bond motifs is 1. The smallest absolute Gasteiger partial charge is 0.416 e. The van der Waals surface area contributed by atoms with Gasteiger partial charge in [0.15, 0.2) is 5.17 Å². The van der Waals surface area contributed by atoms with E-state index in [1.165, 1.54) is 28.6 Å². The van der Waals surface area contributed by atoms with Crippen molar-refractivity contribution in [2.24, 2.45) is 4.99 Å². The fourth-order valence-electron chi connectivity index (χ4n) is 4.42. The van der Waals surface area contributed by atoms with Gasteiger partial charge in [-0.25, -0.2) is 4.79 Å². The molecule has 0 radical (unpaired) electrons. The van der Waals surface area contributed by atoms with Crippen LogP contribution in [-0.2, 0) is 17.5 Å². The number of amidine groups is 1. The highest BCUT2D eigenvalue weighted by Gasteiger charge is 2.35. The molecule has 35 heavy (non-hydrogen) atoms. The van der Waals surface area contributed by atoms with Gasteiger partial charge in [0.05, 0.1) is 30.4 Å². The predicted molar refractivity (Wildman–Crippen MR) is 131 cm³/mol. The first-order valence-electron chi connectivity index (χ1n) is 10.9. The number of carboxylic acids is 1. The van der Waals surface area contributed by atoms with Crippen molar-refractivity contribution in [3.05, 3.63) is 69.2 Å². The van der Waals surface area contributed by atoms with E-state index in [1.54, 1.807) is 6.20 Å². The molecule has 3 aromatic rings. The topological polar surface area (TPSA) is 70.7 Å². The Bertz CT molecular complexity index is 1370. The van der Waals surface area contributed by atoms with Gasteiger partial charge in [-0.3, -0.25) is 9.67 Å². The molecule has 1 aromatic heterocycles. The van der Waals surface area contributed by atoms with E-state index in [0.717, 1.165) is 33.5 Å². The lowest BCUT2D eigenvalue weighted by molar-refractivity contribution is -0.141. The van der Waals surface area contributed by atoms with Crippen LogP contribution in [0.2, 0.25) is 5.02 Å². The van der Waals surface area contributed by atoms with Gasteiger partial charge in [-0.15, -0.1) is 0 Å². The normalized spacial score (nSPS) is 19.7. The molecule has 11 heteroatoms. The van der Waals surface area contributed by atoms with Crippen molar-refractivity contribution < 1.29 is 23.1 Å². The van der Waals surface area contributed by atoms with Crippen LogP contribution in [0.1, 0.15) is 29.5 Å². The molecule has 0 spiro atoms. The number of rotatable bonds is 4. The summed E-state index contributed by atoms with van der Waals surface area (Å²) < 4.78 is 41.9. The molecule has 6 nitrogen and oxygen atoms in total. The molecule has 0 amide bonds. The maximum Gasteiger partial charge on any atom is 0.416 e. The Kier molecular flexibility index (Phi) is 6.27. The Labute approximate surface area is 208 Å². The van der Waals surface area contributed by atoms with Crippen LogP contribution < -0.4 is 0 Å². The van der Waals surface area contributed by atoms with E-state index in [2.05, 4.69) is 10.1 Å². The summed E-state index contributed by atoms with van der Waals surface area (Å²) in [6.45, 7) is 1.13. The molecule has 2 aliphatic heterocycles. The second-order valence-corrected chi connectivity index (χ2v) is 9.95. The highest BCUT2D eigenvalue weighted by molar-refractivity contribution is 8.17. The number of hydrogen-bond donors (Lipinski definition) is 1. The summed E-state index contributed by atoms with van der Waals surface area (Å²) >= 11 is 7.26. The summed E-state index contributed by atoms with van der Waals surface area (Å²) in [6, 6.07) is 8.87. The second kappa shape index (κ2) is 9.23. The fourth-order valence-corrected chi connectivity index (χ4v) is 5.62. The molecular formula is C24H20ClF3N4O2S. The molecule has 1 saturated heterocycles. The third-order valence-electron chi connectivity index (χ3n) is 6.07. The van der Waals surface area contributed by atoms with Crippen LogP contribution in [0.15, 0.2) is 52.5 Å². The molecule has 0 bridgehead atoms. The average Bonchev–Trinajstić information content (AvgIpc) is 3.54. The first-order chi connectivity index (χ1) is 16.7. The number of alkyl halides is 3. The average molecular weight is 521 g/mol. The molecule has 3 heterocycles. The van der Waals surface area contributed by atoms with E-state index < -0.39 is 23.8 Å². The minimum absolute atomic E-state index is 0.0317. The summed E-state index contributed by atoms with van der Waals surface area (Å²) in [5, 5.41) is 15.3. The van der Waals surface area contributed by atoms with Crippen molar-refractivity contribution in [1.29, 1.82) is 0 Å². The lowest BCUT2D eigenvalue weighted by Gasteiger charge is -2.22. The largest absolute Gasteiger partial charge is 0.480 e. The van der Waals surface area contributed by atoms with E-state index in [4.69, 9.17) is 11.6 Å². The van der Waals surface area contributed by atoms with Gasteiger partial charge in [0, 0.05) is 21.9 Å². The zero-order valence-corrected chi connectivity index (χ0v) is 19.9. The molecule has 5 rings (SSSR count). The zero-order chi connectivity index (χ0) is 24.7. The quantitative estimate of drug-likeness (QED) is 0.474. The lowest BCUT2D eigenvalue weighted by atomic mass is 10.1. The van der Waals surface area contributed by atoms with E-state index in [9.17, 15) is 23.1 Å². The summed E-state index contributed by atoms with van der Waals surface area (Å²) in [5.74, 6) is -0.827. The summed E-state index contributed by atoms with van der Waals surface area (Å²) in [7, 11) is 0. The Balaban J connectivity index is 1.34.